The van der Waals surface area contributed by atoms with Crippen molar-refractivity contribution in [3.05, 3.63) is 35.4 Å². The van der Waals surface area contributed by atoms with Crippen molar-refractivity contribution in [3.63, 3.8) is 0 Å². The zero-order valence-corrected chi connectivity index (χ0v) is 12.7. The Hall–Kier alpha value is -0.860. The highest BCUT2D eigenvalue weighted by Crippen LogP contribution is 2.17. The summed E-state index contributed by atoms with van der Waals surface area (Å²) in [4.78, 5) is 2.67. The summed E-state index contributed by atoms with van der Waals surface area (Å²) in [7, 11) is 0. The predicted molar refractivity (Wildman–Crippen MR) is 82.4 cm³/mol. The average Bonchev–Trinajstić information content (AvgIpc) is 2.39. The third-order valence-corrected chi connectivity index (χ3v) is 4.19. The van der Waals surface area contributed by atoms with Crippen molar-refractivity contribution in [2.45, 2.75) is 58.7 Å². The molecule has 1 saturated heterocycles. The number of piperazine rings is 1. The molecule has 0 radical (unpaired) electrons. The van der Waals surface area contributed by atoms with Crippen LogP contribution >= 0.6 is 0 Å². The van der Waals surface area contributed by atoms with Gasteiger partial charge in [-0.25, -0.2) is 0 Å². The summed E-state index contributed by atoms with van der Waals surface area (Å²) in [6.45, 7) is 10.2. The van der Waals surface area contributed by atoms with Gasteiger partial charge in [-0.15, -0.1) is 0 Å². The average molecular weight is 260 g/mol. The van der Waals surface area contributed by atoms with Crippen LogP contribution in [0.5, 0.6) is 0 Å². The van der Waals surface area contributed by atoms with Gasteiger partial charge in [0.15, 0.2) is 0 Å². The van der Waals surface area contributed by atoms with Crippen LogP contribution in [0.3, 0.4) is 0 Å². The second kappa shape index (κ2) is 7.06. The molecule has 2 rings (SSSR count). The number of nitrogens with zero attached hydrogens (tertiary/aromatic N) is 1. The topological polar surface area (TPSA) is 15.3 Å². The number of hydrogen-bond acceptors (Lipinski definition) is 2. The Morgan fingerprint density at radius 2 is 2.16 bits per heavy atom. The fraction of sp³-hybridized carbons (Fsp3) is 0.647. The maximum atomic E-state index is 3.71. The van der Waals surface area contributed by atoms with E-state index in [0.29, 0.717) is 12.1 Å². The van der Waals surface area contributed by atoms with E-state index in [0.717, 1.165) is 13.1 Å². The molecule has 1 aromatic carbocycles. The van der Waals surface area contributed by atoms with Gasteiger partial charge in [-0.2, -0.15) is 0 Å². The van der Waals surface area contributed by atoms with Gasteiger partial charge in [0.25, 0.3) is 0 Å². The first-order valence-electron chi connectivity index (χ1n) is 7.76. The molecule has 0 saturated carbocycles. The molecule has 2 nitrogen and oxygen atoms in total. The molecule has 0 aromatic heterocycles. The van der Waals surface area contributed by atoms with Crippen LogP contribution < -0.4 is 5.32 Å². The second-order valence-corrected chi connectivity index (χ2v) is 5.87. The minimum Gasteiger partial charge on any atom is -0.311 e. The van der Waals surface area contributed by atoms with E-state index >= 15 is 0 Å². The molecule has 0 amide bonds. The monoisotopic (exact) mass is 260 g/mol. The molecule has 1 aliphatic rings. The summed E-state index contributed by atoms with van der Waals surface area (Å²) >= 11 is 0. The fourth-order valence-electron chi connectivity index (χ4n) is 3.11. The predicted octanol–water partition coefficient (Wildman–Crippen LogP) is 3.35. The van der Waals surface area contributed by atoms with Crippen LogP contribution in [0, 0.1) is 6.92 Å². The van der Waals surface area contributed by atoms with Crippen molar-refractivity contribution in [1.82, 2.24) is 10.2 Å². The lowest BCUT2D eigenvalue weighted by Crippen LogP contribution is -2.55. The molecule has 1 fully saturated rings. The quantitative estimate of drug-likeness (QED) is 0.873. The summed E-state index contributed by atoms with van der Waals surface area (Å²) in [6.07, 6.45) is 3.80. The first kappa shape index (κ1) is 14.5. The highest BCUT2D eigenvalue weighted by Gasteiger charge is 2.25. The Labute approximate surface area is 118 Å². The molecule has 1 aliphatic heterocycles. The van der Waals surface area contributed by atoms with Crippen molar-refractivity contribution in [2.75, 3.05) is 13.1 Å². The first-order valence-corrected chi connectivity index (χ1v) is 7.76. The smallest absolute Gasteiger partial charge is 0.0237 e. The van der Waals surface area contributed by atoms with E-state index in [2.05, 4.69) is 55.3 Å². The maximum absolute atomic E-state index is 3.71. The molecule has 1 heterocycles. The number of aryl methyl sites for hydroxylation is 1. The summed E-state index contributed by atoms with van der Waals surface area (Å²) in [5, 5.41) is 3.71. The van der Waals surface area contributed by atoms with E-state index in [1.165, 1.54) is 36.9 Å². The Kier molecular flexibility index (Phi) is 5.41. The minimum atomic E-state index is 0.678. The van der Waals surface area contributed by atoms with Crippen molar-refractivity contribution in [2.24, 2.45) is 0 Å². The molecule has 2 heteroatoms. The van der Waals surface area contributed by atoms with Crippen molar-refractivity contribution in [1.29, 1.82) is 0 Å². The number of nitrogens with one attached hydrogen (secondary N) is 1. The summed E-state index contributed by atoms with van der Waals surface area (Å²) in [6, 6.07) is 10.3. The van der Waals surface area contributed by atoms with Crippen LogP contribution in [-0.2, 0) is 6.54 Å². The summed E-state index contributed by atoms with van der Waals surface area (Å²) in [5.41, 5.74) is 2.82. The van der Waals surface area contributed by atoms with Gasteiger partial charge in [-0.3, -0.25) is 4.90 Å². The molecule has 0 spiro atoms. The molecule has 2 atom stereocenters. The van der Waals surface area contributed by atoms with Crippen molar-refractivity contribution < 1.29 is 0 Å². The van der Waals surface area contributed by atoms with Crippen LogP contribution in [0.1, 0.15) is 44.2 Å². The van der Waals surface area contributed by atoms with Gasteiger partial charge in [-0.1, -0.05) is 50.1 Å². The SMILES string of the molecule is CCCC1CN(Cc2cccc(C)c2)C(CC)CN1. The molecule has 1 aromatic rings. The van der Waals surface area contributed by atoms with Gasteiger partial charge in [0.05, 0.1) is 0 Å². The zero-order chi connectivity index (χ0) is 13.7. The summed E-state index contributed by atoms with van der Waals surface area (Å²) < 4.78 is 0. The molecule has 106 valence electrons. The Morgan fingerprint density at radius 3 is 2.84 bits per heavy atom. The fourth-order valence-corrected chi connectivity index (χ4v) is 3.11. The summed E-state index contributed by atoms with van der Waals surface area (Å²) in [5.74, 6) is 0. The molecular weight excluding hydrogens is 232 g/mol. The van der Waals surface area contributed by atoms with E-state index in [-0.39, 0.29) is 0 Å². The van der Waals surface area contributed by atoms with E-state index in [1.807, 2.05) is 0 Å². The molecule has 1 N–H and O–H groups in total. The number of hydrogen-bond donors (Lipinski definition) is 1. The van der Waals surface area contributed by atoms with E-state index in [9.17, 15) is 0 Å². The Morgan fingerprint density at radius 1 is 1.32 bits per heavy atom. The zero-order valence-electron chi connectivity index (χ0n) is 12.7. The van der Waals surface area contributed by atoms with Crippen molar-refractivity contribution in [3.8, 4) is 0 Å². The largest absolute Gasteiger partial charge is 0.311 e. The van der Waals surface area contributed by atoms with Crippen LogP contribution in [0.15, 0.2) is 24.3 Å². The third-order valence-electron chi connectivity index (χ3n) is 4.19. The molecule has 2 unspecified atom stereocenters. The Balaban J connectivity index is 2.01. The number of benzene rings is 1. The maximum Gasteiger partial charge on any atom is 0.0237 e. The lowest BCUT2D eigenvalue weighted by molar-refractivity contribution is 0.115. The normalized spacial score (nSPS) is 24.6. The van der Waals surface area contributed by atoms with Gasteiger partial charge in [0.1, 0.15) is 0 Å². The number of rotatable bonds is 5. The van der Waals surface area contributed by atoms with Gasteiger partial charge in [0.2, 0.25) is 0 Å². The molecule has 0 aliphatic carbocycles. The second-order valence-electron chi connectivity index (χ2n) is 5.87. The first-order chi connectivity index (χ1) is 9.22. The highest BCUT2D eigenvalue weighted by atomic mass is 15.2. The van der Waals surface area contributed by atoms with Gasteiger partial charge in [-0.05, 0) is 25.3 Å². The van der Waals surface area contributed by atoms with E-state index in [1.54, 1.807) is 0 Å². The molecular formula is C17H28N2. The molecule has 19 heavy (non-hydrogen) atoms. The van der Waals surface area contributed by atoms with Gasteiger partial charge < -0.3 is 5.32 Å². The van der Waals surface area contributed by atoms with E-state index in [4.69, 9.17) is 0 Å². The van der Waals surface area contributed by atoms with Gasteiger partial charge >= 0.3 is 0 Å². The highest BCUT2D eigenvalue weighted by molar-refractivity contribution is 5.22. The van der Waals surface area contributed by atoms with E-state index < -0.39 is 0 Å². The third kappa shape index (κ3) is 4.05. The van der Waals surface area contributed by atoms with Crippen molar-refractivity contribution >= 4 is 0 Å². The van der Waals surface area contributed by atoms with Gasteiger partial charge in [0, 0.05) is 31.7 Å². The van der Waals surface area contributed by atoms with Crippen LogP contribution in [-0.4, -0.2) is 30.1 Å². The van der Waals surface area contributed by atoms with Crippen LogP contribution in [0.25, 0.3) is 0 Å². The standard InChI is InChI=1S/C17H28N2/c1-4-7-16-13-19(17(5-2)11-18-16)12-15-9-6-8-14(3)10-15/h6,8-10,16-18H,4-5,7,11-13H2,1-3H3. The lowest BCUT2D eigenvalue weighted by Gasteiger charge is -2.40. The Bertz CT molecular complexity index is 389. The van der Waals surface area contributed by atoms with Crippen LogP contribution in [0.4, 0.5) is 0 Å². The molecule has 0 bridgehead atoms. The minimum absolute atomic E-state index is 0.678. The lowest BCUT2D eigenvalue weighted by atomic mass is 10.0. The van der Waals surface area contributed by atoms with Crippen LogP contribution in [0.2, 0.25) is 0 Å².